The van der Waals surface area contributed by atoms with Gasteiger partial charge in [0.15, 0.2) is 0 Å². The lowest BCUT2D eigenvalue weighted by Crippen LogP contribution is -2.41. The summed E-state index contributed by atoms with van der Waals surface area (Å²) in [5, 5.41) is 0. The fourth-order valence-corrected chi connectivity index (χ4v) is 4.83. The van der Waals surface area contributed by atoms with Gasteiger partial charge in [0.25, 0.3) is 0 Å². The molecule has 0 aromatic carbocycles. The maximum atomic E-state index is 11.7. The molecule has 0 amide bonds. The molecule has 0 bridgehead atoms. The van der Waals surface area contributed by atoms with Crippen LogP contribution in [-0.2, 0) is 19.3 Å². The standard InChI is InChI=1S/C25H42O4/c1-18(12-13-21-19(2)11-9-15-24(21,4)5)10-8-16-25(6)17-14-22(28-29-25)20(3)23(26)27-7/h10,20,22H,8-9,11-17H2,1-7H3/b18-10+/t20-,22-,25-/m0/s1. The van der Waals surface area contributed by atoms with Crippen LogP contribution in [0.3, 0.4) is 0 Å². The van der Waals surface area contributed by atoms with E-state index in [-0.39, 0.29) is 23.6 Å². The van der Waals surface area contributed by atoms with Crippen LogP contribution in [0.15, 0.2) is 22.8 Å². The lowest BCUT2D eigenvalue weighted by Gasteiger charge is -2.37. The normalized spacial score (nSPS) is 28.9. The van der Waals surface area contributed by atoms with E-state index in [4.69, 9.17) is 14.5 Å². The minimum absolute atomic E-state index is 0.219. The average Bonchev–Trinajstić information content (AvgIpc) is 2.66. The molecule has 1 aliphatic carbocycles. The largest absolute Gasteiger partial charge is 0.469 e. The Labute approximate surface area is 178 Å². The third-order valence-corrected chi connectivity index (χ3v) is 7.08. The number of carbonyl (C=O) groups is 1. The van der Waals surface area contributed by atoms with E-state index in [0.717, 1.165) is 32.1 Å². The Bertz CT molecular complexity index is 621. The van der Waals surface area contributed by atoms with Crippen molar-refractivity contribution in [3.8, 4) is 0 Å². The molecule has 4 heteroatoms. The van der Waals surface area contributed by atoms with Crippen LogP contribution < -0.4 is 0 Å². The van der Waals surface area contributed by atoms with Crippen LogP contribution in [0.25, 0.3) is 0 Å². The van der Waals surface area contributed by atoms with Crippen LogP contribution in [0.4, 0.5) is 0 Å². The lowest BCUT2D eigenvalue weighted by atomic mass is 9.71. The Balaban J connectivity index is 1.78. The summed E-state index contributed by atoms with van der Waals surface area (Å²) in [7, 11) is 1.41. The van der Waals surface area contributed by atoms with Gasteiger partial charge in [-0.2, -0.15) is 0 Å². The molecular weight excluding hydrogens is 364 g/mol. The summed E-state index contributed by atoms with van der Waals surface area (Å²) in [4.78, 5) is 23.0. The van der Waals surface area contributed by atoms with E-state index in [1.807, 2.05) is 6.92 Å². The van der Waals surface area contributed by atoms with Crippen LogP contribution in [-0.4, -0.2) is 24.8 Å². The second-order valence-corrected chi connectivity index (χ2v) is 10.1. The Morgan fingerprint density at radius 2 is 2.03 bits per heavy atom. The Morgan fingerprint density at radius 1 is 1.31 bits per heavy atom. The summed E-state index contributed by atoms with van der Waals surface area (Å²) in [6.45, 7) is 13.3. The van der Waals surface area contributed by atoms with Gasteiger partial charge in [0.2, 0.25) is 0 Å². The summed E-state index contributed by atoms with van der Waals surface area (Å²) in [6, 6.07) is 0. The van der Waals surface area contributed by atoms with Gasteiger partial charge < -0.3 is 4.74 Å². The summed E-state index contributed by atoms with van der Waals surface area (Å²) in [5.74, 6) is -0.541. The first-order chi connectivity index (χ1) is 13.6. The van der Waals surface area contributed by atoms with Gasteiger partial charge in [-0.05, 0) is 90.9 Å². The Kier molecular flexibility index (Phi) is 8.54. The molecule has 2 rings (SSSR count). The third kappa shape index (κ3) is 6.68. The van der Waals surface area contributed by atoms with Gasteiger partial charge in [-0.15, -0.1) is 0 Å². The van der Waals surface area contributed by atoms with Gasteiger partial charge in [-0.25, -0.2) is 9.78 Å². The number of hydrogen-bond donors (Lipinski definition) is 0. The van der Waals surface area contributed by atoms with Crippen molar-refractivity contribution >= 4 is 5.97 Å². The smallest absolute Gasteiger partial charge is 0.311 e. The van der Waals surface area contributed by atoms with E-state index in [9.17, 15) is 4.79 Å². The van der Waals surface area contributed by atoms with Crippen molar-refractivity contribution in [1.29, 1.82) is 0 Å². The molecule has 0 aromatic heterocycles. The van der Waals surface area contributed by atoms with E-state index < -0.39 is 0 Å². The highest BCUT2D eigenvalue weighted by Crippen LogP contribution is 2.42. The maximum absolute atomic E-state index is 11.7. The van der Waals surface area contributed by atoms with Crippen LogP contribution in [0.2, 0.25) is 0 Å². The van der Waals surface area contributed by atoms with E-state index in [1.165, 1.54) is 38.4 Å². The Hall–Kier alpha value is -1.13. The predicted octanol–water partition coefficient (Wildman–Crippen LogP) is 6.70. The molecule has 3 atom stereocenters. The molecular formula is C25H42O4. The first-order valence-electron chi connectivity index (χ1n) is 11.3. The van der Waals surface area contributed by atoms with Gasteiger partial charge in [0.05, 0.1) is 13.0 Å². The van der Waals surface area contributed by atoms with Crippen molar-refractivity contribution in [2.45, 2.75) is 111 Å². The van der Waals surface area contributed by atoms with Gasteiger partial charge in [-0.1, -0.05) is 36.6 Å². The summed E-state index contributed by atoms with van der Waals surface area (Å²) in [5.41, 5.74) is 4.84. The molecule has 0 radical (unpaired) electrons. The molecule has 1 aliphatic heterocycles. The first kappa shape index (κ1) is 24.1. The SMILES string of the molecule is COC(=O)[C@@H](C)[C@@H]1CC[C@](C)(CC/C=C(\C)CCC2=C(C)CCCC2(C)C)OO1. The van der Waals surface area contributed by atoms with Crippen molar-refractivity contribution in [1.82, 2.24) is 0 Å². The third-order valence-electron chi connectivity index (χ3n) is 7.08. The van der Waals surface area contributed by atoms with Crippen LogP contribution in [0.1, 0.15) is 99.3 Å². The van der Waals surface area contributed by atoms with Crippen molar-refractivity contribution in [3.05, 3.63) is 22.8 Å². The molecule has 0 saturated carbocycles. The van der Waals surface area contributed by atoms with Crippen molar-refractivity contribution in [2.75, 3.05) is 7.11 Å². The summed E-state index contributed by atoms with van der Waals surface area (Å²) < 4.78 is 4.81. The first-order valence-corrected chi connectivity index (χ1v) is 11.3. The van der Waals surface area contributed by atoms with Crippen molar-refractivity contribution in [3.63, 3.8) is 0 Å². The van der Waals surface area contributed by atoms with E-state index in [2.05, 4.69) is 40.7 Å². The summed E-state index contributed by atoms with van der Waals surface area (Å²) in [6.07, 6.45) is 12.0. The molecule has 2 aliphatic rings. The number of rotatable bonds is 8. The van der Waals surface area contributed by atoms with Crippen LogP contribution in [0, 0.1) is 11.3 Å². The zero-order chi connectivity index (χ0) is 21.7. The van der Waals surface area contributed by atoms with Gasteiger partial charge >= 0.3 is 5.97 Å². The highest BCUT2D eigenvalue weighted by Gasteiger charge is 2.37. The number of hydrogen-bond acceptors (Lipinski definition) is 4. The van der Waals surface area contributed by atoms with E-state index >= 15 is 0 Å². The summed E-state index contributed by atoms with van der Waals surface area (Å²) >= 11 is 0. The van der Waals surface area contributed by atoms with Crippen molar-refractivity contribution in [2.24, 2.45) is 11.3 Å². The monoisotopic (exact) mass is 406 g/mol. The van der Waals surface area contributed by atoms with E-state index in [1.54, 1.807) is 11.1 Å². The highest BCUT2D eigenvalue weighted by atomic mass is 17.2. The van der Waals surface area contributed by atoms with E-state index in [0.29, 0.717) is 5.41 Å². The second kappa shape index (κ2) is 10.3. The minimum Gasteiger partial charge on any atom is -0.469 e. The van der Waals surface area contributed by atoms with Gasteiger partial charge in [0.1, 0.15) is 11.7 Å². The molecule has 1 saturated heterocycles. The lowest BCUT2D eigenvalue weighted by molar-refractivity contribution is -0.411. The number of ether oxygens (including phenoxy) is 1. The zero-order valence-electron chi connectivity index (χ0n) is 19.7. The predicted molar refractivity (Wildman–Crippen MR) is 117 cm³/mol. The van der Waals surface area contributed by atoms with Gasteiger partial charge in [-0.3, -0.25) is 4.79 Å². The number of esters is 1. The maximum Gasteiger partial charge on any atom is 0.311 e. The van der Waals surface area contributed by atoms with Crippen molar-refractivity contribution < 1.29 is 19.3 Å². The topological polar surface area (TPSA) is 44.8 Å². The molecule has 1 fully saturated rings. The average molecular weight is 407 g/mol. The fourth-order valence-electron chi connectivity index (χ4n) is 4.83. The molecule has 166 valence electrons. The van der Waals surface area contributed by atoms with Crippen LogP contribution in [0.5, 0.6) is 0 Å². The number of allylic oxidation sites excluding steroid dienone is 4. The molecule has 0 N–H and O–H groups in total. The van der Waals surface area contributed by atoms with Crippen LogP contribution >= 0.6 is 0 Å². The Morgan fingerprint density at radius 3 is 2.62 bits per heavy atom. The highest BCUT2D eigenvalue weighted by molar-refractivity contribution is 5.72. The van der Waals surface area contributed by atoms with Gasteiger partial charge in [0, 0.05) is 0 Å². The fraction of sp³-hybridized carbons (Fsp3) is 0.800. The second-order valence-electron chi connectivity index (χ2n) is 10.1. The zero-order valence-corrected chi connectivity index (χ0v) is 19.7. The molecule has 0 unspecified atom stereocenters. The quantitative estimate of drug-likeness (QED) is 0.256. The molecule has 1 heterocycles. The molecule has 0 spiro atoms. The number of methoxy groups -OCH3 is 1. The molecule has 4 nitrogen and oxygen atoms in total. The number of carbonyl (C=O) groups excluding carboxylic acids is 1. The minimum atomic E-state index is -0.298. The molecule has 29 heavy (non-hydrogen) atoms. The molecule has 0 aromatic rings.